The Kier molecular flexibility index (Phi) is 3.88. The first-order valence-electron chi connectivity index (χ1n) is 6.15. The summed E-state index contributed by atoms with van der Waals surface area (Å²) >= 11 is 5.90. The van der Waals surface area contributed by atoms with Crippen LogP contribution in [0.4, 0.5) is 0 Å². The van der Waals surface area contributed by atoms with Crippen LogP contribution < -0.4 is 0 Å². The molecule has 0 radical (unpaired) electrons. The second kappa shape index (κ2) is 5.20. The lowest BCUT2D eigenvalue weighted by atomic mass is 9.91. The number of hydrogen-bond acceptors (Lipinski definition) is 1. The molecular weight excluding hydrogens is 220 g/mol. The lowest BCUT2D eigenvalue weighted by Crippen LogP contribution is -2.03. The predicted molar refractivity (Wildman–Crippen MR) is 68.1 cm³/mol. The molecule has 1 aromatic carbocycles. The van der Waals surface area contributed by atoms with Gasteiger partial charge in [0.25, 0.3) is 0 Å². The minimum Gasteiger partial charge on any atom is -0.370 e. The van der Waals surface area contributed by atoms with Crippen LogP contribution >= 0.6 is 11.6 Å². The number of benzene rings is 1. The molecular formula is C14H19ClO. The number of epoxide rings is 1. The molecule has 0 aromatic heterocycles. The van der Waals surface area contributed by atoms with Crippen molar-refractivity contribution in [1.29, 1.82) is 0 Å². The van der Waals surface area contributed by atoms with Gasteiger partial charge in [0, 0.05) is 5.02 Å². The molecule has 1 nitrogen and oxygen atoms in total. The van der Waals surface area contributed by atoms with Gasteiger partial charge in [-0.2, -0.15) is 0 Å². The molecule has 88 valence electrons. The molecule has 1 aliphatic heterocycles. The second-order valence-corrected chi connectivity index (χ2v) is 4.95. The third kappa shape index (κ3) is 2.78. The average Bonchev–Trinajstić information content (AvgIpc) is 3.06. The van der Waals surface area contributed by atoms with Gasteiger partial charge in [0.2, 0.25) is 0 Å². The largest absolute Gasteiger partial charge is 0.370 e. The van der Waals surface area contributed by atoms with E-state index >= 15 is 0 Å². The summed E-state index contributed by atoms with van der Waals surface area (Å²) in [6.45, 7) is 4.43. The van der Waals surface area contributed by atoms with Gasteiger partial charge in [-0.05, 0) is 42.9 Å². The summed E-state index contributed by atoms with van der Waals surface area (Å²) in [6, 6.07) is 8.23. The Balaban J connectivity index is 1.97. The fourth-order valence-corrected chi connectivity index (χ4v) is 2.43. The van der Waals surface area contributed by atoms with Gasteiger partial charge in [0.1, 0.15) is 0 Å². The van der Waals surface area contributed by atoms with E-state index in [-0.39, 0.29) is 0 Å². The molecule has 1 saturated heterocycles. The van der Waals surface area contributed by atoms with Crippen molar-refractivity contribution in [3.05, 3.63) is 34.9 Å². The fraction of sp³-hybridized carbons (Fsp3) is 0.571. The molecule has 1 fully saturated rings. The van der Waals surface area contributed by atoms with Crippen molar-refractivity contribution < 1.29 is 4.74 Å². The highest BCUT2D eigenvalue weighted by molar-refractivity contribution is 6.30. The van der Waals surface area contributed by atoms with Crippen molar-refractivity contribution in [3.63, 3.8) is 0 Å². The van der Waals surface area contributed by atoms with Gasteiger partial charge in [0.15, 0.2) is 0 Å². The van der Waals surface area contributed by atoms with Crippen LogP contribution in [0.25, 0.3) is 0 Å². The average molecular weight is 239 g/mol. The summed E-state index contributed by atoms with van der Waals surface area (Å²) in [5, 5.41) is 0.813. The molecule has 3 unspecified atom stereocenters. The van der Waals surface area contributed by atoms with Crippen molar-refractivity contribution in [1.82, 2.24) is 0 Å². The molecule has 2 rings (SSSR count). The zero-order valence-electron chi connectivity index (χ0n) is 9.95. The smallest absolute Gasteiger partial charge is 0.0847 e. The van der Waals surface area contributed by atoms with Gasteiger partial charge in [-0.3, -0.25) is 0 Å². The van der Waals surface area contributed by atoms with Crippen molar-refractivity contribution in [3.8, 4) is 0 Å². The maximum Gasteiger partial charge on any atom is 0.0847 e. The molecule has 3 atom stereocenters. The zero-order chi connectivity index (χ0) is 11.5. The Morgan fingerprint density at radius 1 is 1.19 bits per heavy atom. The van der Waals surface area contributed by atoms with Gasteiger partial charge >= 0.3 is 0 Å². The Morgan fingerprint density at radius 3 is 2.38 bits per heavy atom. The van der Waals surface area contributed by atoms with E-state index in [1.165, 1.54) is 5.56 Å². The van der Waals surface area contributed by atoms with E-state index in [9.17, 15) is 0 Å². The highest BCUT2D eigenvalue weighted by Gasteiger charge is 2.38. The maximum absolute atomic E-state index is 5.90. The molecule has 16 heavy (non-hydrogen) atoms. The third-order valence-electron chi connectivity index (χ3n) is 3.44. The topological polar surface area (TPSA) is 12.5 Å². The monoisotopic (exact) mass is 238 g/mol. The minimum absolute atomic E-state index is 0.491. The lowest BCUT2D eigenvalue weighted by molar-refractivity contribution is 0.349. The van der Waals surface area contributed by atoms with Gasteiger partial charge in [-0.1, -0.05) is 37.6 Å². The summed E-state index contributed by atoms with van der Waals surface area (Å²) in [4.78, 5) is 0. The maximum atomic E-state index is 5.90. The van der Waals surface area contributed by atoms with Crippen molar-refractivity contribution in [2.75, 3.05) is 0 Å². The molecule has 0 spiro atoms. The molecule has 0 aliphatic carbocycles. The lowest BCUT2D eigenvalue weighted by Gasteiger charge is -2.14. The Bertz CT molecular complexity index is 333. The zero-order valence-corrected chi connectivity index (χ0v) is 10.7. The van der Waals surface area contributed by atoms with Crippen molar-refractivity contribution >= 4 is 11.6 Å². The summed E-state index contributed by atoms with van der Waals surface area (Å²) in [5.74, 6) is 0.610. The first kappa shape index (κ1) is 11.9. The molecule has 0 saturated carbocycles. The van der Waals surface area contributed by atoms with Crippen molar-refractivity contribution in [2.45, 2.75) is 51.2 Å². The van der Waals surface area contributed by atoms with E-state index < -0.39 is 0 Å². The van der Waals surface area contributed by atoms with Crippen LogP contribution in [0.5, 0.6) is 0 Å². The van der Waals surface area contributed by atoms with Crippen LogP contribution in [0, 0.1) is 0 Å². The highest BCUT2D eigenvalue weighted by atomic mass is 35.5. The number of rotatable bonds is 5. The van der Waals surface area contributed by atoms with Gasteiger partial charge in [-0.15, -0.1) is 0 Å². The quantitative estimate of drug-likeness (QED) is 0.693. The normalized spacial score (nSPS) is 25.4. The highest BCUT2D eigenvalue weighted by Crippen LogP contribution is 2.36. The van der Waals surface area contributed by atoms with Crippen LogP contribution in [0.3, 0.4) is 0 Å². The van der Waals surface area contributed by atoms with Gasteiger partial charge in [0.05, 0.1) is 12.2 Å². The fourth-order valence-electron chi connectivity index (χ4n) is 2.30. The first-order valence-corrected chi connectivity index (χ1v) is 6.53. The summed E-state index contributed by atoms with van der Waals surface area (Å²) in [6.07, 6.45) is 4.46. The summed E-state index contributed by atoms with van der Waals surface area (Å²) < 4.78 is 5.62. The molecule has 1 heterocycles. The van der Waals surface area contributed by atoms with E-state index in [0.717, 1.165) is 24.3 Å². The molecule has 1 aromatic rings. The minimum atomic E-state index is 0.491. The van der Waals surface area contributed by atoms with Crippen LogP contribution in [-0.2, 0) is 4.74 Å². The van der Waals surface area contributed by atoms with Crippen LogP contribution in [0.1, 0.15) is 44.6 Å². The summed E-state index contributed by atoms with van der Waals surface area (Å²) in [5.41, 5.74) is 1.39. The molecule has 0 amide bonds. The van der Waals surface area contributed by atoms with E-state index in [0.29, 0.717) is 18.1 Å². The standard InChI is InChI=1S/C14H19ClO/c1-3-10(9-14-13(4-2)16-14)11-5-7-12(15)8-6-11/h5-8,10,13-14H,3-4,9H2,1-2H3. The summed E-state index contributed by atoms with van der Waals surface area (Å²) in [7, 11) is 0. The van der Waals surface area contributed by atoms with E-state index in [1.807, 2.05) is 12.1 Å². The molecule has 2 heteroatoms. The molecule has 0 bridgehead atoms. The second-order valence-electron chi connectivity index (χ2n) is 4.51. The van der Waals surface area contributed by atoms with E-state index in [2.05, 4.69) is 26.0 Å². The molecule has 1 aliphatic rings. The Morgan fingerprint density at radius 2 is 1.88 bits per heavy atom. The number of halogens is 1. The predicted octanol–water partition coefficient (Wildman–Crippen LogP) is 4.40. The van der Waals surface area contributed by atoms with Crippen LogP contribution in [-0.4, -0.2) is 12.2 Å². The van der Waals surface area contributed by atoms with Crippen molar-refractivity contribution in [2.24, 2.45) is 0 Å². The van der Waals surface area contributed by atoms with Crippen LogP contribution in [0.2, 0.25) is 5.02 Å². The van der Waals surface area contributed by atoms with E-state index in [4.69, 9.17) is 16.3 Å². The van der Waals surface area contributed by atoms with Gasteiger partial charge < -0.3 is 4.74 Å². The SMILES string of the molecule is CCC(CC1OC1CC)c1ccc(Cl)cc1. The number of hydrogen-bond donors (Lipinski definition) is 0. The first-order chi connectivity index (χ1) is 7.74. The Labute approximate surface area is 103 Å². The number of ether oxygens (including phenoxy) is 1. The Hall–Kier alpha value is -0.530. The van der Waals surface area contributed by atoms with Gasteiger partial charge in [-0.25, -0.2) is 0 Å². The van der Waals surface area contributed by atoms with Crippen LogP contribution in [0.15, 0.2) is 24.3 Å². The van der Waals surface area contributed by atoms with E-state index in [1.54, 1.807) is 0 Å². The third-order valence-corrected chi connectivity index (χ3v) is 3.69. The molecule has 0 N–H and O–H groups in total.